The number of rotatable bonds is 42. The predicted octanol–water partition coefficient (Wildman–Crippen LogP) is 14.8. The second-order valence-electron chi connectivity index (χ2n) is 15.6. The lowest BCUT2D eigenvalue weighted by Crippen LogP contribution is -2.28. The zero-order valence-corrected chi connectivity index (χ0v) is 36.5. The molecular weight excluding hydrogens is 695 g/mol. The number of allylic oxidation sites excluding steroid dienone is 10. The first kappa shape index (κ1) is 53.1. The average Bonchev–Trinajstić information content (AvgIpc) is 3.18. The molecule has 1 unspecified atom stereocenters. The lowest BCUT2D eigenvalue weighted by atomic mass is 10.0. The van der Waals surface area contributed by atoms with Gasteiger partial charge in [-0.15, -0.1) is 0 Å². The number of unbranched alkanes of at least 4 members (excludes halogenated alkanes) is 21. The number of nitrogens with one attached hydrogen (secondary N) is 1. The third-order valence-electron chi connectivity index (χ3n) is 10.2. The van der Waals surface area contributed by atoms with E-state index >= 15 is 0 Å². The van der Waals surface area contributed by atoms with Gasteiger partial charge >= 0.3 is 11.9 Å². The summed E-state index contributed by atoms with van der Waals surface area (Å²) in [6, 6.07) is 0. The topological polar surface area (TPSA) is 92.7 Å². The van der Waals surface area contributed by atoms with Crippen LogP contribution in [0.15, 0.2) is 60.8 Å². The van der Waals surface area contributed by atoms with Gasteiger partial charge in [0.1, 0.15) is 12.6 Å². The van der Waals surface area contributed by atoms with Crippen LogP contribution in [0, 0.1) is 0 Å². The third-order valence-corrected chi connectivity index (χ3v) is 10.2. The van der Waals surface area contributed by atoms with Gasteiger partial charge in [-0.25, -0.2) is 0 Å². The van der Waals surface area contributed by atoms with Crippen molar-refractivity contribution < 1.29 is 24.2 Å². The molecule has 0 radical (unpaired) electrons. The van der Waals surface area contributed by atoms with Crippen molar-refractivity contribution in [2.45, 2.75) is 232 Å². The van der Waals surface area contributed by atoms with E-state index in [-0.39, 0.29) is 24.5 Å². The Labute approximate surface area is 345 Å². The summed E-state index contributed by atoms with van der Waals surface area (Å²) in [5.74, 6) is -1.25. The van der Waals surface area contributed by atoms with Crippen LogP contribution in [-0.2, 0) is 19.1 Å². The minimum absolute atomic E-state index is 0.00910. The van der Waals surface area contributed by atoms with Crippen LogP contribution in [-0.4, -0.2) is 35.6 Å². The number of aliphatic carboxylic acids is 1. The fourth-order valence-corrected chi connectivity index (χ4v) is 6.74. The number of carboxylic acids is 1. The van der Waals surface area contributed by atoms with Gasteiger partial charge in [-0.1, -0.05) is 177 Å². The van der Waals surface area contributed by atoms with E-state index in [1.807, 2.05) is 0 Å². The summed E-state index contributed by atoms with van der Waals surface area (Å²) >= 11 is 0. The number of carbonyl (C=O) groups excluding carboxylic acids is 2. The molecule has 2 N–H and O–H groups in total. The summed E-state index contributed by atoms with van der Waals surface area (Å²) < 4.78 is 6.02. The molecule has 0 heterocycles. The van der Waals surface area contributed by atoms with Crippen molar-refractivity contribution in [1.82, 2.24) is 5.32 Å². The van der Waals surface area contributed by atoms with E-state index in [9.17, 15) is 14.4 Å². The highest BCUT2D eigenvalue weighted by Gasteiger charge is 2.14. The number of ether oxygens (including phenoxy) is 1. The predicted molar refractivity (Wildman–Crippen MR) is 240 cm³/mol. The fourth-order valence-electron chi connectivity index (χ4n) is 6.74. The van der Waals surface area contributed by atoms with Crippen LogP contribution in [0.5, 0.6) is 0 Å². The van der Waals surface area contributed by atoms with Gasteiger partial charge in [0, 0.05) is 12.8 Å². The highest BCUT2D eigenvalue weighted by Crippen LogP contribution is 2.18. The molecule has 0 aromatic heterocycles. The summed E-state index contributed by atoms with van der Waals surface area (Å²) in [7, 11) is 0. The number of hydrogen-bond donors (Lipinski definition) is 2. The fraction of sp³-hybridized carbons (Fsp3) is 0.740. The lowest BCUT2D eigenvalue weighted by Gasteiger charge is -2.18. The Kier molecular flexibility index (Phi) is 42.5. The molecule has 6 nitrogen and oxygen atoms in total. The molecule has 0 aromatic rings. The van der Waals surface area contributed by atoms with E-state index in [0.29, 0.717) is 12.8 Å². The van der Waals surface area contributed by atoms with Crippen molar-refractivity contribution in [1.29, 1.82) is 0 Å². The summed E-state index contributed by atoms with van der Waals surface area (Å²) in [6.45, 7) is 4.11. The molecule has 0 bridgehead atoms. The van der Waals surface area contributed by atoms with Crippen molar-refractivity contribution >= 4 is 17.8 Å². The van der Waals surface area contributed by atoms with Crippen LogP contribution in [0.25, 0.3) is 0 Å². The number of carbonyl (C=O) groups is 3. The highest BCUT2D eigenvalue weighted by molar-refractivity contribution is 5.80. The molecular formula is C50H87NO5. The highest BCUT2D eigenvalue weighted by atomic mass is 16.5. The Balaban J connectivity index is 4.08. The quantitative estimate of drug-likeness (QED) is 0.0365. The zero-order chi connectivity index (χ0) is 40.8. The molecule has 56 heavy (non-hydrogen) atoms. The molecule has 1 atom stereocenters. The van der Waals surface area contributed by atoms with E-state index in [2.05, 4.69) is 79.9 Å². The summed E-state index contributed by atoms with van der Waals surface area (Å²) in [5, 5.41) is 11.1. The second-order valence-corrected chi connectivity index (χ2v) is 15.6. The Morgan fingerprint density at radius 1 is 0.482 bits per heavy atom. The van der Waals surface area contributed by atoms with Crippen LogP contribution in [0.1, 0.15) is 226 Å². The monoisotopic (exact) mass is 782 g/mol. The second kappa shape index (κ2) is 44.8. The molecule has 0 aliphatic carbocycles. The van der Waals surface area contributed by atoms with Crippen molar-refractivity contribution in [2.24, 2.45) is 0 Å². The van der Waals surface area contributed by atoms with Crippen molar-refractivity contribution in [3.05, 3.63) is 60.8 Å². The molecule has 0 saturated heterocycles. The molecule has 0 spiro atoms. The molecule has 322 valence electrons. The summed E-state index contributed by atoms with van der Waals surface area (Å²) in [4.78, 5) is 35.1. The minimum Gasteiger partial charge on any atom is -0.480 e. The van der Waals surface area contributed by atoms with Gasteiger partial charge in [-0.05, 0) is 96.3 Å². The SMILES string of the molecule is CC/C=C\C/C=C\C/C=C\C/C=C\CCCCCCCCCCCCC(=O)OC(CCC/C=C\CCCCCCCC)CCCCCCCC(=O)NCC(=O)O. The normalized spacial score (nSPS) is 12.6. The number of esters is 1. The number of hydrogen-bond acceptors (Lipinski definition) is 4. The van der Waals surface area contributed by atoms with E-state index < -0.39 is 5.97 Å². The molecule has 0 fully saturated rings. The van der Waals surface area contributed by atoms with Crippen molar-refractivity contribution in [3.63, 3.8) is 0 Å². The first-order valence-electron chi connectivity index (χ1n) is 23.4. The molecule has 0 saturated carbocycles. The maximum Gasteiger partial charge on any atom is 0.322 e. The van der Waals surface area contributed by atoms with Crippen molar-refractivity contribution in [2.75, 3.05) is 6.54 Å². The van der Waals surface area contributed by atoms with Gasteiger partial charge in [-0.3, -0.25) is 14.4 Å². The molecule has 0 aliphatic rings. The Hall–Kier alpha value is -2.89. The minimum atomic E-state index is -1.02. The summed E-state index contributed by atoms with van der Waals surface area (Å²) in [6.07, 6.45) is 59.3. The van der Waals surface area contributed by atoms with Crippen molar-refractivity contribution in [3.8, 4) is 0 Å². The molecule has 0 aliphatic heterocycles. The van der Waals surface area contributed by atoms with E-state index in [4.69, 9.17) is 9.84 Å². The first-order chi connectivity index (χ1) is 27.5. The van der Waals surface area contributed by atoms with Crippen LogP contribution in [0.2, 0.25) is 0 Å². The van der Waals surface area contributed by atoms with Gasteiger partial charge in [0.25, 0.3) is 0 Å². The van der Waals surface area contributed by atoms with Gasteiger partial charge < -0.3 is 15.2 Å². The molecule has 0 aromatic carbocycles. The largest absolute Gasteiger partial charge is 0.480 e. The molecule has 6 heteroatoms. The van der Waals surface area contributed by atoms with Gasteiger partial charge in [-0.2, -0.15) is 0 Å². The van der Waals surface area contributed by atoms with Crippen LogP contribution in [0.3, 0.4) is 0 Å². The number of amides is 1. The van der Waals surface area contributed by atoms with E-state index in [1.165, 1.54) is 103 Å². The standard InChI is InChI=1S/C50H87NO5/c1-3-5-7-9-11-13-15-16-17-18-19-20-21-22-23-24-25-26-28-30-32-37-41-45-50(55)56-47(42-38-34-31-29-27-14-12-10-8-6-4-2)43-39-35-33-36-40-44-48(52)51-46-49(53)54/h5,7,11,13,16-17,19-20,29,31,47H,3-4,6,8-10,12,14-15,18,21-28,30,32-46H2,1-2H3,(H,51,52)(H,53,54)/b7-5-,13-11-,17-16-,20-19-,31-29-. The maximum atomic E-state index is 12.8. The van der Waals surface area contributed by atoms with Crippen LogP contribution < -0.4 is 5.32 Å². The Morgan fingerprint density at radius 3 is 1.43 bits per heavy atom. The molecule has 0 rings (SSSR count). The third kappa shape index (κ3) is 43.8. The zero-order valence-electron chi connectivity index (χ0n) is 36.5. The Morgan fingerprint density at radius 2 is 0.893 bits per heavy atom. The average molecular weight is 782 g/mol. The van der Waals surface area contributed by atoms with Gasteiger partial charge in [0.2, 0.25) is 5.91 Å². The smallest absolute Gasteiger partial charge is 0.322 e. The summed E-state index contributed by atoms with van der Waals surface area (Å²) in [5.41, 5.74) is 0. The molecule has 1 amide bonds. The van der Waals surface area contributed by atoms with E-state index in [0.717, 1.165) is 96.3 Å². The van der Waals surface area contributed by atoms with E-state index in [1.54, 1.807) is 0 Å². The first-order valence-corrected chi connectivity index (χ1v) is 23.4. The van der Waals surface area contributed by atoms with Gasteiger partial charge in [0.05, 0.1) is 0 Å². The maximum absolute atomic E-state index is 12.8. The van der Waals surface area contributed by atoms with Crippen LogP contribution in [0.4, 0.5) is 0 Å². The lowest BCUT2D eigenvalue weighted by molar-refractivity contribution is -0.150. The Bertz CT molecular complexity index is 1040. The number of carboxylic acid groups (broad SMARTS) is 1. The van der Waals surface area contributed by atoms with Crippen LogP contribution >= 0.6 is 0 Å². The van der Waals surface area contributed by atoms with Gasteiger partial charge in [0.15, 0.2) is 0 Å².